The van der Waals surface area contributed by atoms with Crippen LogP contribution in [0.1, 0.15) is 24.0 Å². The molecule has 132 valence electrons. The smallest absolute Gasteiger partial charge is 0.222 e. The molecule has 0 radical (unpaired) electrons. The average Bonchev–Trinajstić information content (AvgIpc) is 2.53. The SMILES string of the molecule is Cc1cccc(C)c1OC1CN(C(=O)CCCN2CCOCC2)C1. The number of likely N-dealkylation sites (tertiary alicyclic amines) is 1. The molecule has 2 heterocycles. The van der Waals surface area contributed by atoms with Gasteiger partial charge in [0.25, 0.3) is 0 Å². The molecule has 0 spiro atoms. The topological polar surface area (TPSA) is 42.0 Å². The summed E-state index contributed by atoms with van der Waals surface area (Å²) in [6.45, 7) is 10.2. The average molecular weight is 332 g/mol. The fraction of sp³-hybridized carbons (Fsp3) is 0.632. The summed E-state index contributed by atoms with van der Waals surface area (Å²) in [5.41, 5.74) is 2.32. The van der Waals surface area contributed by atoms with E-state index in [1.165, 1.54) is 0 Å². The Labute approximate surface area is 144 Å². The minimum Gasteiger partial charge on any atom is -0.486 e. The van der Waals surface area contributed by atoms with Crippen molar-refractivity contribution in [1.29, 1.82) is 0 Å². The van der Waals surface area contributed by atoms with Crippen molar-refractivity contribution >= 4 is 5.91 Å². The van der Waals surface area contributed by atoms with E-state index in [2.05, 4.69) is 30.9 Å². The molecule has 3 rings (SSSR count). The van der Waals surface area contributed by atoms with Crippen molar-refractivity contribution in [2.24, 2.45) is 0 Å². The van der Waals surface area contributed by atoms with Gasteiger partial charge in [-0.25, -0.2) is 0 Å². The molecule has 2 fully saturated rings. The van der Waals surface area contributed by atoms with Gasteiger partial charge in [0.2, 0.25) is 5.91 Å². The Morgan fingerprint density at radius 1 is 1.21 bits per heavy atom. The Balaban J connectivity index is 1.36. The van der Waals surface area contributed by atoms with Crippen LogP contribution < -0.4 is 4.74 Å². The minimum atomic E-state index is 0.132. The minimum absolute atomic E-state index is 0.132. The number of carbonyl (C=O) groups excluding carboxylic acids is 1. The van der Waals surface area contributed by atoms with Crippen LogP contribution in [0, 0.1) is 13.8 Å². The molecule has 0 atom stereocenters. The maximum atomic E-state index is 12.2. The lowest BCUT2D eigenvalue weighted by Gasteiger charge is -2.39. The summed E-state index contributed by atoms with van der Waals surface area (Å²) in [4.78, 5) is 16.5. The first-order valence-electron chi connectivity index (χ1n) is 8.94. The van der Waals surface area contributed by atoms with E-state index in [0.717, 1.165) is 56.1 Å². The second kappa shape index (κ2) is 7.99. The first-order valence-corrected chi connectivity index (χ1v) is 8.94. The number of para-hydroxylation sites is 1. The van der Waals surface area contributed by atoms with Gasteiger partial charge in [0.1, 0.15) is 11.9 Å². The highest BCUT2D eigenvalue weighted by atomic mass is 16.5. The third kappa shape index (κ3) is 4.28. The summed E-state index contributed by atoms with van der Waals surface area (Å²) in [6.07, 6.45) is 1.69. The van der Waals surface area contributed by atoms with Crippen molar-refractivity contribution in [3.05, 3.63) is 29.3 Å². The number of carbonyl (C=O) groups is 1. The van der Waals surface area contributed by atoms with Crippen molar-refractivity contribution in [2.75, 3.05) is 45.9 Å². The second-order valence-corrected chi connectivity index (χ2v) is 6.82. The molecule has 0 unspecified atom stereocenters. The van der Waals surface area contributed by atoms with Gasteiger partial charge in [0.05, 0.1) is 26.3 Å². The maximum Gasteiger partial charge on any atom is 0.222 e. The van der Waals surface area contributed by atoms with Gasteiger partial charge in [-0.15, -0.1) is 0 Å². The van der Waals surface area contributed by atoms with Crippen molar-refractivity contribution < 1.29 is 14.3 Å². The monoisotopic (exact) mass is 332 g/mol. The molecule has 5 heteroatoms. The van der Waals surface area contributed by atoms with Crippen LogP contribution in [0.3, 0.4) is 0 Å². The number of ether oxygens (including phenoxy) is 2. The molecule has 5 nitrogen and oxygen atoms in total. The van der Waals surface area contributed by atoms with E-state index >= 15 is 0 Å². The maximum absolute atomic E-state index is 12.2. The summed E-state index contributed by atoms with van der Waals surface area (Å²) < 4.78 is 11.4. The van der Waals surface area contributed by atoms with Crippen LogP contribution in [-0.2, 0) is 9.53 Å². The third-order valence-electron chi connectivity index (χ3n) is 4.86. The van der Waals surface area contributed by atoms with Gasteiger partial charge < -0.3 is 14.4 Å². The Kier molecular flexibility index (Phi) is 5.74. The fourth-order valence-corrected chi connectivity index (χ4v) is 3.30. The van der Waals surface area contributed by atoms with E-state index in [9.17, 15) is 4.79 Å². The van der Waals surface area contributed by atoms with Crippen LogP contribution in [-0.4, -0.2) is 67.7 Å². The fourth-order valence-electron chi connectivity index (χ4n) is 3.30. The number of hydrogen-bond donors (Lipinski definition) is 0. The molecule has 0 N–H and O–H groups in total. The molecule has 0 bridgehead atoms. The molecule has 1 aromatic carbocycles. The Morgan fingerprint density at radius 2 is 1.88 bits per heavy atom. The van der Waals surface area contributed by atoms with Crippen molar-refractivity contribution in [3.63, 3.8) is 0 Å². The van der Waals surface area contributed by atoms with Gasteiger partial charge in [-0.05, 0) is 37.9 Å². The zero-order valence-electron chi connectivity index (χ0n) is 14.8. The van der Waals surface area contributed by atoms with Crippen molar-refractivity contribution in [1.82, 2.24) is 9.80 Å². The van der Waals surface area contributed by atoms with Gasteiger partial charge in [0, 0.05) is 19.5 Å². The largest absolute Gasteiger partial charge is 0.486 e. The van der Waals surface area contributed by atoms with Gasteiger partial charge in [0.15, 0.2) is 0 Å². The van der Waals surface area contributed by atoms with Crippen LogP contribution >= 0.6 is 0 Å². The molecule has 24 heavy (non-hydrogen) atoms. The molecule has 2 saturated heterocycles. The summed E-state index contributed by atoms with van der Waals surface area (Å²) in [5.74, 6) is 1.23. The molecule has 2 aliphatic rings. The van der Waals surface area contributed by atoms with E-state index in [0.29, 0.717) is 19.5 Å². The normalized spacial score (nSPS) is 19.2. The first-order chi connectivity index (χ1) is 11.6. The van der Waals surface area contributed by atoms with E-state index in [4.69, 9.17) is 9.47 Å². The van der Waals surface area contributed by atoms with E-state index in [1.54, 1.807) is 0 Å². The number of hydrogen-bond acceptors (Lipinski definition) is 4. The second-order valence-electron chi connectivity index (χ2n) is 6.82. The molecular formula is C19H28N2O3. The van der Waals surface area contributed by atoms with Crippen LogP contribution in [0.15, 0.2) is 18.2 Å². The number of morpholine rings is 1. The highest BCUT2D eigenvalue weighted by molar-refractivity contribution is 5.77. The van der Waals surface area contributed by atoms with E-state index in [1.807, 2.05) is 11.0 Å². The number of nitrogens with zero attached hydrogens (tertiary/aromatic N) is 2. The zero-order chi connectivity index (χ0) is 16.9. The molecule has 0 saturated carbocycles. The van der Waals surface area contributed by atoms with E-state index in [-0.39, 0.29) is 12.0 Å². The quantitative estimate of drug-likeness (QED) is 0.799. The molecule has 0 aliphatic carbocycles. The predicted molar refractivity (Wildman–Crippen MR) is 93.4 cm³/mol. The van der Waals surface area contributed by atoms with Crippen LogP contribution in [0.2, 0.25) is 0 Å². The van der Waals surface area contributed by atoms with Gasteiger partial charge >= 0.3 is 0 Å². The van der Waals surface area contributed by atoms with Crippen LogP contribution in [0.4, 0.5) is 0 Å². The molecule has 1 amide bonds. The molecule has 2 aliphatic heterocycles. The number of rotatable bonds is 6. The summed E-state index contributed by atoms with van der Waals surface area (Å²) in [5, 5.41) is 0. The van der Waals surface area contributed by atoms with Crippen molar-refractivity contribution in [2.45, 2.75) is 32.8 Å². The molecule has 0 aromatic heterocycles. The third-order valence-corrected chi connectivity index (χ3v) is 4.86. The van der Waals surface area contributed by atoms with Gasteiger partial charge in [-0.1, -0.05) is 18.2 Å². The van der Waals surface area contributed by atoms with Crippen molar-refractivity contribution in [3.8, 4) is 5.75 Å². The number of amides is 1. The summed E-state index contributed by atoms with van der Waals surface area (Å²) in [7, 11) is 0. The van der Waals surface area contributed by atoms with Gasteiger partial charge in [-0.2, -0.15) is 0 Å². The Morgan fingerprint density at radius 3 is 2.54 bits per heavy atom. The summed E-state index contributed by atoms with van der Waals surface area (Å²) in [6, 6.07) is 6.17. The lowest BCUT2D eigenvalue weighted by molar-refractivity contribution is -0.140. The Bertz CT molecular complexity index is 543. The highest BCUT2D eigenvalue weighted by Crippen LogP contribution is 2.26. The lowest BCUT2D eigenvalue weighted by atomic mass is 10.1. The Hall–Kier alpha value is -1.59. The molecule has 1 aromatic rings. The summed E-state index contributed by atoms with van der Waals surface area (Å²) >= 11 is 0. The first kappa shape index (κ1) is 17.2. The number of aryl methyl sites for hydroxylation is 2. The highest BCUT2D eigenvalue weighted by Gasteiger charge is 2.32. The van der Waals surface area contributed by atoms with E-state index < -0.39 is 0 Å². The zero-order valence-corrected chi connectivity index (χ0v) is 14.8. The predicted octanol–water partition coefficient (Wildman–Crippen LogP) is 2.01. The number of benzene rings is 1. The van der Waals surface area contributed by atoms with Crippen LogP contribution in [0.5, 0.6) is 5.75 Å². The molecular weight excluding hydrogens is 304 g/mol. The van der Waals surface area contributed by atoms with Gasteiger partial charge in [-0.3, -0.25) is 9.69 Å². The standard InChI is InChI=1S/C19H28N2O3/c1-15-5-3-6-16(2)19(15)24-17-13-21(14-17)18(22)7-4-8-20-9-11-23-12-10-20/h3,5-6,17H,4,7-14H2,1-2H3. The lowest BCUT2D eigenvalue weighted by Crippen LogP contribution is -2.56. The van der Waals surface area contributed by atoms with Crippen LogP contribution in [0.25, 0.3) is 0 Å².